The Labute approximate surface area is 136 Å². The van der Waals surface area contributed by atoms with Gasteiger partial charge in [0.1, 0.15) is 0 Å². The van der Waals surface area contributed by atoms with Crippen molar-refractivity contribution in [2.24, 2.45) is 0 Å². The van der Waals surface area contributed by atoms with Crippen molar-refractivity contribution in [2.45, 2.75) is 13.5 Å². The molecule has 4 heteroatoms. The van der Waals surface area contributed by atoms with Crippen LogP contribution >= 0.6 is 31.9 Å². The van der Waals surface area contributed by atoms with Crippen molar-refractivity contribution in [3.63, 3.8) is 0 Å². The Morgan fingerprint density at radius 3 is 2.40 bits per heavy atom. The number of hydrogen-bond donors (Lipinski definition) is 0. The lowest BCUT2D eigenvalue weighted by Crippen LogP contribution is -2.26. The average Bonchev–Trinajstić information content (AvgIpc) is 2.43. The van der Waals surface area contributed by atoms with E-state index in [0.29, 0.717) is 12.1 Å². The molecule has 104 valence electrons. The Morgan fingerprint density at radius 2 is 1.75 bits per heavy atom. The van der Waals surface area contributed by atoms with E-state index in [0.717, 1.165) is 20.1 Å². The highest BCUT2D eigenvalue weighted by Gasteiger charge is 2.15. The summed E-state index contributed by atoms with van der Waals surface area (Å²) in [4.78, 5) is 14.2. The molecule has 0 atom stereocenters. The Morgan fingerprint density at radius 1 is 1.10 bits per heavy atom. The average molecular weight is 397 g/mol. The predicted molar refractivity (Wildman–Crippen MR) is 88.8 cm³/mol. The van der Waals surface area contributed by atoms with Gasteiger partial charge in [-0.15, -0.1) is 0 Å². The van der Waals surface area contributed by atoms with E-state index in [1.165, 1.54) is 0 Å². The quantitative estimate of drug-likeness (QED) is 0.730. The molecule has 1 amide bonds. The maximum Gasteiger partial charge on any atom is 0.255 e. The molecule has 0 fully saturated rings. The number of carbonyl (C=O) groups is 1. The van der Waals surface area contributed by atoms with E-state index in [2.05, 4.69) is 31.9 Å². The molecule has 0 bridgehead atoms. The second kappa shape index (κ2) is 6.55. The Balaban J connectivity index is 2.16. The molecule has 2 rings (SSSR count). The number of carbonyl (C=O) groups excluding carboxylic acids is 1. The van der Waals surface area contributed by atoms with Gasteiger partial charge in [-0.1, -0.05) is 40.2 Å². The lowest BCUT2D eigenvalue weighted by Gasteiger charge is -2.18. The second-order valence-corrected chi connectivity index (χ2v) is 6.43. The molecule has 0 saturated heterocycles. The number of nitrogens with zero attached hydrogens (tertiary/aromatic N) is 1. The molecule has 0 spiro atoms. The van der Waals surface area contributed by atoms with Crippen molar-refractivity contribution in [1.82, 2.24) is 4.90 Å². The Kier molecular flexibility index (Phi) is 5.00. The highest BCUT2D eigenvalue weighted by molar-refractivity contribution is 9.10. The highest BCUT2D eigenvalue weighted by Crippen LogP contribution is 2.22. The van der Waals surface area contributed by atoms with Gasteiger partial charge in [0.15, 0.2) is 0 Å². The normalized spacial score (nSPS) is 10.4. The Hall–Kier alpha value is -1.13. The van der Waals surface area contributed by atoms with Crippen molar-refractivity contribution < 1.29 is 4.79 Å². The minimum absolute atomic E-state index is 0.0171. The summed E-state index contributed by atoms with van der Waals surface area (Å²) in [7, 11) is 1.82. The number of rotatable bonds is 3. The lowest BCUT2D eigenvalue weighted by molar-refractivity contribution is 0.0784. The predicted octanol–water partition coefficient (Wildman–Crippen LogP) is 4.79. The van der Waals surface area contributed by atoms with Crippen LogP contribution in [0.15, 0.2) is 51.4 Å². The zero-order valence-electron chi connectivity index (χ0n) is 11.4. The van der Waals surface area contributed by atoms with Crippen LogP contribution in [0, 0.1) is 6.92 Å². The van der Waals surface area contributed by atoms with Crippen LogP contribution in [0.3, 0.4) is 0 Å². The first-order valence-corrected chi connectivity index (χ1v) is 7.82. The third kappa shape index (κ3) is 3.49. The molecular formula is C16H15Br2NO. The smallest absolute Gasteiger partial charge is 0.255 e. The standard InChI is InChI=1S/C16H15Br2NO/c1-11-4-3-5-14(15(11)18)16(20)19(2)10-12-6-8-13(17)9-7-12/h3-9H,10H2,1-2H3. The van der Waals surface area contributed by atoms with Gasteiger partial charge in [-0.25, -0.2) is 0 Å². The van der Waals surface area contributed by atoms with E-state index in [-0.39, 0.29) is 5.91 Å². The minimum atomic E-state index is 0.0171. The number of halogens is 2. The van der Waals surface area contributed by atoms with Crippen molar-refractivity contribution in [3.8, 4) is 0 Å². The monoisotopic (exact) mass is 395 g/mol. The summed E-state index contributed by atoms with van der Waals surface area (Å²) in [6.45, 7) is 2.57. The van der Waals surface area contributed by atoms with Crippen molar-refractivity contribution in [2.75, 3.05) is 7.05 Å². The summed E-state index contributed by atoms with van der Waals surface area (Å²) in [6.07, 6.45) is 0. The van der Waals surface area contributed by atoms with Crippen molar-refractivity contribution >= 4 is 37.8 Å². The van der Waals surface area contributed by atoms with Gasteiger partial charge in [0.2, 0.25) is 0 Å². The zero-order valence-corrected chi connectivity index (χ0v) is 14.5. The van der Waals surface area contributed by atoms with Crippen LogP contribution in [0.25, 0.3) is 0 Å². The third-order valence-electron chi connectivity index (χ3n) is 3.10. The third-order valence-corrected chi connectivity index (χ3v) is 4.68. The van der Waals surface area contributed by atoms with Gasteiger partial charge >= 0.3 is 0 Å². The largest absolute Gasteiger partial charge is 0.337 e. The number of amides is 1. The molecule has 0 saturated carbocycles. The lowest BCUT2D eigenvalue weighted by atomic mass is 10.1. The molecule has 0 aliphatic carbocycles. The van der Waals surface area contributed by atoms with Gasteiger partial charge in [-0.05, 0) is 52.2 Å². The van der Waals surface area contributed by atoms with E-state index < -0.39 is 0 Å². The molecule has 0 aliphatic heterocycles. The summed E-state index contributed by atoms with van der Waals surface area (Å²) < 4.78 is 1.91. The van der Waals surface area contributed by atoms with E-state index in [1.54, 1.807) is 4.90 Å². The van der Waals surface area contributed by atoms with Gasteiger partial charge in [-0.2, -0.15) is 0 Å². The maximum atomic E-state index is 12.5. The first-order valence-electron chi connectivity index (χ1n) is 6.24. The van der Waals surface area contributed by atoms with Gasteiger partial charge < -0.3 is 4.90 Å². The summed E-state index contributed by atoms with van der Waals surface area (Å²) in [5, 5.41) is 0. The van der Waals surface area contributed by atoms with E-state index in [1.807, 2.05) is 56.4 Å². The molecule has 0 aliphatic rings. The van der Waals surface area contributed by atoms with Crippen molar-refractivity contribution in [1.29, 1.82) is 0 Å². The summed E-state index contributed by atoms with van der Waals surface area (Å²) >= 11 is 6.90. The molecular weight excluding hydrogens is 382 g/mol. The van der Waals surface area contributed by atoms with Crippen LogP contribution in [0.1, 0.15) is 21.5 Å². The molecule has 0 N–H and O–H groups in total. The molecule has 0 heterocycles. The maximum absolute atomic E-state index is 12.5. The zero-order chi connectivity index (χ0) is 14.7. The van der Waals surface area contributed by atoms with Gasteiger partial charge in [0, 0.05) is 22.5 Å². The van der Waals surface area contributed by atoms with Gasteiger partial charge in [0.25, 0.3) is 5.91 Å². The van der Waals surface area contributed by atoms with Crippen LogP contribution in [0.4, 0.5) is 0 Å². The van der Waals surface area contributed by atoms with Gasteiger partial charge in [0.05, 0.1) is 5.56 Å². The molecule has 0 unspecified atom stereocenters. The molecule has 20 heavy (non-hydrogen) atoms. The first-order chi connectivity index (χ1) is 9.49. The first kappa shape index (κ1) is 15.3. The molecule has 2 nitrogen and oxygen atoms in total. The Bertz CT molecular complexity index is 623. The number of hydrogen-bond acceptors (Lipinski definition) is 1. The molecule has 0 radical (unpaired) electrons. The van der Waals surface area contributed by atoms with Crippen LogP contribution < -0.4 is 0 Å². The van der Waals surface area contributed by atoms with Crippen LogP contribution in [-0.2, 0) is 6.54 Å². The number of benzene rings is 2. The summed E-state index contributed by atoms with van der Waals surface area (Å²) in [5.74, 6) is 0.0171. The summed E-state index contributed by atoms with van der Waals surface area (Å²) in [6, 6.07) is 13.7. The van der Waals surface area contributed by atoms with Crippen LogP contribution in [0.5, 0.6) is 0 Å². The second-order valence-electron chi connectivity index (χ2n) is 4.72. The minimum Gasteiger partial charge on any atom is -0.337 e. The molecule has 2 aromatic carbocycles. The van der Waals surface area contributed by atoms with E-state index >= 15 is 0 Å². The fourth-order valence-electron chi connectivity index (χ4n) is 1.95. The van der Waals surface area contributed by atoms with Gasteiger partial charge in [-0.3, -0.25) is 4.79 Å². The summed E-state index contributed by atoms with van der Waals surface area (Å²) in [5.41, 5.74) is 2.87. The highest BCUT2D eigenvalue weighted by atomic mass is 79.9. The van der Waals surface area contributed by atoms with Crippen LogP contribution in [-0.4, -0.2) is 17.9 Å². The SMILES string of the molecule is Cc1cccc(C(=O)N(C)Cc2ccc(Br)cc2)c1Br. The molecule has 2 aromatic rings. The van der Waals surface area contributed by atoms with Crippen molar-refractivity contribution in [3.05, 3.63) is 68.1 Å². The molecule has 0 aromatic heterocycles. The van der Waals surface area contributed by atoms with E-state index in [9.17, 15) is 4.79 Å². The number of aryl methyl sites for hydroxylation is 1. The van der Waals surface area contributed by atoms with Crippen LogP contribution in [0.2, 0.25) is 0 Å². The van der Waals surface area contributed by atoms with E-state index in [4.69, 9.17) is 0 Å². The topological polar surface area (TPSA) is 20.3 Å². The fraction of sp³-hybridized carbons (Fsp3) is 0.188. The fourth-order valence-corrected chi connectivity index (χ4v) is 2.65.